The summed E-state index contributed by atoms with van der Waals surface area (Å²) in [4.78, 5) is 0. The largest absolute Gasteiger partial charge is 0.456 e. The van der Waals surface area contributed by atoms with Gasteiger partial charge in [0.2, 0.25) is 0 Å². The van der Waals surface area contributed by atoms with Gasteiger partial charge in [0.1, 0.15) is 0 Å². The highest BCUT2D eigenvalue weighted by Gasteiger charge is 2.70. The highest BCUT2D eigenvalue weighted by molar-refractivity contribution is 6.52. The van der Waals surface area contributed by atoms with E-state index in [1.807, 2.05) is 0 Å². The Kier molecular flexibility index (Phi) is 4.41. The van der Waals surface area contributed by atoms with Crippen LogP contribution in [0.5, 0.6) is 0 Å². The summed E-state index contributed by atoms with van der Waals surface area (Å²) in [5.74, 6) is -5.54. The Labute approximate surface area is 100 Å². The second-order valence-electron chi connectivity index (χ2n) is 2.57. The van der Waals surface area contributed by atoms with Crippen LogP contribution < -0.4 is 0 Å². The van der Waals surface area contributed by atoms with Crippen molar-refractivity contribution in [2.45, 2.75) is 27.4 Å². The molecule has 0 aromatic rings. The molecule has 0 rings (SSSR count). The second kappa shape index (κ2) is 4.20. The maximum Gasteiger partial charge on any atom is 0.456 e. The summed E-state index contributed by atoms with van der Waals surface area (Å²) in [7, 11) is 0. The lowest BCUT2D eigenvalue weighted by atomic mass is 10.1. The molecule has 0 amide bonds. The first kappa shape index (κ1) is 15.7. The van der Waals surface area contributed by atoms with Crippen LogP contribution in [0.3, 0.4) is 0 Å². The predicted octanol–water partition coefficient (Wildman–Crippen LogP) is 4.85. The average molecular weight is 318 g/mol. The van der Waals surface area contributed by atoms with Gasteiger partial charge in [-0.15, -0.1) is 0 Å². The van der Waals surface area contributed by atoms with Crippen molar-refractivity contribution in [1.29, 1.82) is 0 Å². The van der Waals surface area contributed by atoms with Crippen molar-refractivity contribution in [3.05, 3.63) is 0 Å². The zero-order valence-corrected chi connectivity index (χ0v) is 9.51. The van der Waals surface area contributed by atoms with E-state index in [2.05, 4.69) is 46.4 Å². The Bertz CT molecular complexity index is 229. The number of alkyl halides is 10. The fourth-order valence-corrected chi connectivity index (χ4v) is 1.83. The summed E-state index contributed by atoms with van der Waals surface area (Å²) in [6, 6.07) is 0. The first-order valence-corrected chi connectivity index (χ1v) is 4.61. The third-order valence-electron chi connectivity index (χ3n) is 1.24. The molecule has 0 aliphatic heterocycles. The molecule has 0 unspecified atom stereocenters. The first-order valence-electron chi connectivity index (χ1n) is 3.10. The lowest BCUT2D eigenvalue weighted by Gasteiger charge is -2.32. The Hall–Kier alpha value is 0.740. The SMILES string of the molecule is FC(Cl)(Cl)CC(Cl)(Cl)C(F)(F)C(F)(F)F. The van der Waals surface area contributed by atoms with E-state index in [1.54, 1.807) is 0 Å². The number of hydrogen-bond acceptors (Lipinski definition) is 0. The van der Waals surface area contributed by atoms with Crippen LogP contribution in [0.1, 0.15) is 6.42 Å². The molecule has 92 valence electrons. The van der Waals surface area contributed by atoms with Gasteiger partial charge in [0, 0.05) is 6.42 Å². The van der Waals surface area contributed by atoms with Crippen LogP contribution in [0, 0.1) is 0 Å². The molecule has 0 bridgehead atoms. The maximum atomic E-state index is 12.6. The van der Waals surface area contributed by atoms with E-state index < -0.39 is 27.4 Å². The van der Waals surface area contributed by atoms with Crippen LogP contribution >= 0.6 is 46.4 Å². The summed E-state index contributed by atoms with van der Waals surface area (Å²) in [6.07, 6.45) is -7.84. The lowest BCUT2D eigenvalue weighted by molar-refractivity contribution is -0.288. The molecule has 0 saturated heterocycles. The summed E-state index contributed by atoms with van der Waals surface area (Å²) < 4.78 is 65.7. The van der Waals surface area contributed by atoms with E-state index >= 15 is 0 Å². The molecule has 15 heavy (non-hydrogen) atoms. The van der Waals surface area contributed by atoms with Gasteiger partial charge in [-0.1, -0.05) is 46.4 Å². The van der Waals surface area contributed by atoms with Gasteiger partial charge >= 0.3 is 12.1 Å². The van der Waals surface area contributed by atoms with Crippen molar-refractivity contribution in [2.24, 2.45) is 0 Å². The van der Waals surface area contributed by atoms with Gasteiger partial charge < -0.3 is 0 Å². The fraction of sp³-hybridized carbons (Fsp3) is 1.00. The van der Waals surface area contributed by atoms with Crippen LogP contribution in [-0.4, -0.2) is 21.0 Å². The fourth-order valence-electron chi connectivity index (χ4n) is 0.570. The minimum atomic E-state index is -6.03. The molecule has 0 spiro atoms. The first-order chi connectivity index (χ1) is 6.21. The summed E-state index contributed by atoms with van der Waals surface area (Å²) in [6.45, 7) is 0. The molecule has 0 saturated carbocycles. The quantitative estimate of drug-likeness (QED) is 0.515. The van der Waals surface area contributed by atoms with Crippen molar-refractivity contribution in [3.8, 4) is 0 Å². The zero-order valence-electron chi connectivity index (χ0n) is 6.49. The van der Waals surface area contributed by atoms with Gasteiger partial charge in [-0.3, -0.25) is 0 Å². The number of hydrogen-bond donors (Lipinski definition) is 0. The van der Waals surface area contributed by atoms with E-state index in [4.69, 9.17) is 0 Å². The predicted molar refractivity (Wildman–Crippen MR) is 45.6 cm³/mol. The van der Waals surface area contributed by atoms with Crippen LogP contribution in [0.4, 0.5) is 26.3 Å². The molecule has 0 N–H and O–H groups in total. The van der Waals surface area contributed by atoms with Crippen LogP contribution in [0.15, 0.2) is 0 Å². The molecular weight excluding hydrogens is 316 g/mol. The topological polar surface area (TPSA) is 0 Å². The third kappa shape index (κ3) is 3.91. The van der Waals surface area contributed by atoms with Crippen molar-refractivity contribution in [2.75, 3.05) is 0 Å². The van der Waals surface area contributed by atoms with Gasteiger partial charge in [0.15, 0.2) is 4.33 Å². The normalized spacial score (nSPS) is 15.6. The van der Waals surface area contributed by atoms with Gasteiger partial charge in [-0.2, -0.15) is 22.0 Å². The second-order valence-corrected chi connectivity index (χ2v) is 5.44. The highest BCUT2D eigenvalue weighted by Crippen LogP contribution is 2.53. The van der Waals surface area contributed by atoms with Crippen LogP contribution in [-0.2, 0) is 0 Å². The molecule has 0 fully saturated rings. The smallest absolute Gasteiger partial charge is 0.208 e. The standard InChI is InChI=1S/C5H2Cl4F6/c6-2(7,1-3(8,9)10)4(11,12)5(13,14)15/h1H2. The minimum Gasteiger partial charge on any atom is -0.208 e. The van der Waals surface area contributed by atoms with Crippen molar-refractivity contribution in [1.82, 2.24) is 0 Å². The molecule has 10 heteroatoms. The minimum absolute atomic E-state index is 1.81. The molecule has 0 aliphatic carbocycles. The van der Waals surface area contributed by atoms with E-state index in [1.165, 1.54) is 0 Å². The number of halogens is 10. The van der Waals surface area contributed by atoms with E-state index in [-0.39, 0.29) is 0 Å². The van der Waals surface area contributed by atoms with Crippen LogP contribution in [0.2, 0.25) is 0 Å². The monoisotopic (exact) mass is 316 g/mol. The molecule has 0 radical (unpaired) electrons. The third-order valence-corrected chi connectivity index (χ3v) is 2.25. The lowest BCUT2D eigenvalue weighted by Crippen LogP contribution is -2.52. The van der Waals surface area contributed by atoms with Crippen LogP contribution in [0.25, 0.3) is 0 Å². The van der Waals surface area contributed by atoms with Crippen molar-refractivity contribution < 1.29 is 26.3 Å². The van der Waals surface area contributed by atoms with Crippen molar-refractivity contribution in [3.63, 3.8) is 0 Å². The van der Waals surface area contributed by atoms with Gasteiger partial charge in [0.25, 0.3) is 4.59 Å². The molecule has 0 aromatic carbocycles. The molecule has 0 atom stereocenters. The van der Waals surface area contributed by atoms with E-state index in [0.717, 1.165) is 0 Å². The highest BCUT2D eigenvalue weighted by atomic mass is 35.5. The summed E-state index contributed by atoms with van der Waals surface area (Å²) in [5.41, 5.74) is 0. The Morgan fingerprint density at radius 3 is 1.27 bits per heavy atom. The summed E-state index contributed by atoms with van der Waals surface area (Å²) >= 11 is 18.6. The summed E-state index contributed by atoms with van der Waals surface area (Å²) in [5, 5.41) is 0. The molecular formula is C5H2Cl4F6. The molecule has 0 aromatic heterocycles. The van der Waals surface area contributed by atoms with E-state index in [9.17, 15) is 26.3 Å². The molecule has 0 aliphatic rings. The van der Waals surface area contributed by atoms with E-state index in [0.29, 0.717) is 0 Å². The number of rotatable bonds is 3. The average Bonchev–Trinajstić information content (AvgIpc) is 1.77. The maximum absolute atomic E-state index is 12.6. The Balaban J connectivity index is 5.03. The molecule has 0 heterocycles. The van der Waals surface area contributed by atoms with Crippen molar-refractivity contribution >= 4 is 46.4 Å². The van der Waals surface area contributed by atoms with Gasteiger partial charge in [-0.25, -0.2) is 4.39 Å². The van der Waals surface area contributed by atoms with Gasteiger partial charge in [0.05, 0.1) is 0 Å². The Morgan fingerprint density at radius 1 is 0.733 bits per heavy atom. The zero-order chi connectivity index (χ0) is 12.7. The van der Waals surface area contributed by atoms with Gasteiger partial charge in [-0.05, 0) is 0 Å². The molecule has 0 nitrogen and oxygen atoms in total. The Morgan fingerprint density at radius 2 is 1.07 bits per heavy atom.